The molecule has 18 heavy (non-hydrogen) atoms. The van der Waals surface area contributed by atoms with Crippen LogP contribution < -0.4 is 5.73 Å². The molecule has 0 aliphatic rings. The first kappa shape index (κ1) is 15.0. The monoisotopic (exact) mass is 265 g/mol. The van der Waals surface area contributed by atoms with Gasteiger partial charge in [0.05, 0.1) is 18.4 Å². The molecule has 1 heterocycles. The number of aromatic nitrogens is 2. The minimum Gasteiger partial charge on any atom is -0.394 e. The third-order valence-corrected chi connectivity index (χ3v) is 3.04. The zero-order valence-electron chi connectivity index (χ0n) is 10.2. The van der Waals surface area contributed by atoms with E-state index < -0.39 is 17.3 Å². The fourth-order valence-electron chi connectivity index (χ4n) is 1.59. The van der Waals surface area contributed by atoms with Crippen LogP contribution in [0.2, 0.25) is 0 Å². The van der Waals surface area contributed by atoms with E-state index in [9.17, 15) is 13.2 Å². The minimum absolute atomic E-state index is 0.129. The standard InChI is InChI=1S/C11H18F3N3O/c1-2-10(15,8-18)4-3-5-17-7-9(6-16-17)11(12,13)14/h6-7,18H,2-5,8,15H2,1H3. The van der Waals surface area contributed by atoms with Gasteiger partial charge in [-0.25, -0.2) is 0 Å². The lowest BCUT2D eigenvalue weighted by molar-refractivity contribution is -0.137. The molecule has 1 aromatic rings. The van der Waals surface area contributed by atoms with Crippen LogP contribution in [0.5, 0.6) is 0 Å². The summed E-state index contributed by atoms with van der Waals surface area (Å²) in [4.78, 5) is 0. The van der Waals surface area contributed by atoms with Gasteiger partial charge in [0.2, 0.25) is 0 Å². The van der Waals surface area contributed by atoms with E-state index in [4.69, 9.17) is 10.8 Å². The fraction of sp³-hybridized carbons (Fsp3) is 0.727. The highest BCUT2D eigenvalue weighted by atomic mass is 19.4. The van der Waals surface area contributed by atoms with Gasteiger partial charge in [0, 0.05) is 18.3 Å². The van der Waals surface area contributed by atoms with Crippen molar-refractivity contribution in [2.75, 3.05) is 6.61 Å². The summed E-state index contributed by atoms with van der Waals surface area (Å²) in [5.41, 5.74) is 4.47. The van der Waals surface area contributed by atoms with Crippen LogP contribution in [0.1, 0.15) is 31.7 Å². The van der Waals surface area contributed by atoms with Gasteiger partial charge in [-0.05, 0) is 19.3 Å². The van der Waals surface area contributed by atoms with E-state index in [0.29, 0.717) is 25.8 Å². The zero-order valence-corrected chi connectivity index (χ0v) is 10.2. The molecule has 1 aromatic heterocycles. The molecule has 7 heteroatoms. The SMILES string of the molecule is CCC(N)(CO)CCCn1cc(C(F)(F)F)cn1. The highest BCUT2D eigenvalue weighted by molar-refractivity contribution is 5.08. The first-order valence-electron chi connectivity index (χ1n) is 5.80. The Morgan fingerprint density at radius 1 is 1.44 bits per heavy atom. The molecule has 0 fully saturated rings. The molecule has 0 aliphatic heterocycles. The van der Waals surface area contributed by atoms with Gasteiger partial charge in [-0.2, -0.15) is 18.3 Å². The van der Waals surface area contributed by atoms with E-state index >= 15 is 0 Å². The van der Waals surface area contributed by atoms with Gasteiger partial charge < -0.3 is 10.8 Å². The topological polar surface area (TPSA) is 64.1 Å². The predicted molar refractivity (Wildman–Crippen MR) is 60.8 cm³/mol. The largest absolute Gasteiger partial charge is 0.419 e. The Kier molecular flexibility index (Phi) is 4.75. The highest BCUT2D eigenvalue weighted by Crippen LogP contribution is 2.28. The molecule has 0 aliphatic carbocycles. The van der Waals surface area contributed by atoms with Crippen molar-refractivity contribution in [3.8, 4) is 0 Å². The van der Waals surface area contributed by atoms with Crippen molar-refractivity contribution in [2.45, 2.75) is 44.4 Å². The lowest BCUT2D eigenvalue weighted by Crippen LogP contribution is -2.43. The summed E-state index contributed by atoms with van der Waals surface area (Å²) < 4.78 is 38.2. The number of nitrogens with zero attached hydrogens (tertiary/aromatic N) is 2. The average Bonchev–Trinajstić information content (AvgIpc) is 2.77. The molecule has 0 saturated heterocycles. The Balaban J connectivity index is 2.48. The normalized spacial score (nSPS) is 15.7. The second-order valence-electron chi connectivity index (χ2n) is 4.47. The number of nitrogens with two attached hydrogens (primary N) is 1. The summed E-state index contributed by atoms with van der Waals surface area (Å²) in [5.74, 6) is 0. The van der Waals surface area contributed by atoms with Gasteiger partial charge in [0.25, 0.3) is 0 Å². The maximum absolute atomic E-state index is 12.3. The molecule has 0 saturated carbocycles. The molecular weight excluding hydrogens is 247 g/mol. The van der Waals surface area contributed by atoms with E-state index in [0.717, 1.165) is 12.4 Å². The second kappa shape index (κ2) is 5.71. The lowest BCUT2D eigenvalue weighted by atomic mass is 9.93. The third kappa shape index (κ3) is 3.99. The first-order valence-corrected chi connectivity index (χ1v) is 5.80. The van der Waals surface area contributed by atoms with Crippen LogP contribution in [0.15, 0.2) is 12.4 Å². The molecule has 0 radical (unpaired) electrons. The Hall–Kier alpha value is -1.08. The maximum atomic E-state index is 12.3. The molecule has 104 valence electrons. The quantitative estimate of drug-likeness (QED) is 0.824. The Morgan fingerprint density at radius 3 is 2.56 bits per heavy atom. The van der Waals surface area contributed by atoms with Crippen molar-refractivity contribution in [2.24, 2.45) is 5.73 Å². The number of aryl methyl sites for hydroxylation is 1. The molecule has 0 spiro atoms. The van der Waals surface area contributed by atoms with Gasteiger partial charge in [0.15, 0.2) is 0 Å². The van der Waals surface area contributed by atoms with E-state index in [1.54, 1.807) is 0 Å². The summed E-state index contributed by atoms with van der Waals surface area (Å²) >= 11 is 0. The number of halogens is 3. The van der Waals surface area contributed by atoms with Crippen molar-refractivity contribution in [1.82, 2.24) is 9.78 Å². The van der Waals surface area contributed by atoms with Crippen LogP contribution in [0.25, 0.3) is 0 Å². The fourth-order valence-corrected chi connectivity index (χ4v) is 1.59. The summed E-state index contributed by atoms with van der Waals surface area (Å²) in [6, 6.07) is 0. The molecular formula is C11H18F3N3O. The van der Waals surface area contributed by atoms with Crippen molar-refractivity contribution < 1.29 is 18.3 Å². The molecule has 1 rings (SSSR count). The predicted octanol–water partition coefficient (Wildman–Crippen LogP) is 1.78. The Labute approximate surface area is 104 Å². The minimum atomic E-state index is -4.36. The van der Waals surface area contributed by atoms with Crippen molar-refractivity contribution in [3.05, 3.63) is 18.0 Å². The van der Waals surface area contributed by atoms with Crippen molar-refractivity contribution in [3.63, 3.8) is 0 Å². The number of aliphatic hydroxyl groups is 1. The molecule has 4 nitrogen and oxygen atoms in total. The maximum Gasteiger partial charge on any atom is 0.419 e. The van der Waals surface area contributed by atoms with Gasteiger partial charge in [-0.3, -0.25) is 4.68 Å². The Morgan fingerprint density at radius 2 is 2.11 bits per heavy atom. The van der Waals surface area contributed by atoms with Gasteiger partial charge >= 0.3 is 6.18 Å². The number of alkyl halides is 3. The molecule has 1 atom stereocenters. The van der Waals surface area contributed by atoms with Crippen LogP contribution >= 0.6 is 0 Å². The molecule has 3 N–H and O–H groups in total. The average molecular weight is 265 g/mol. The Bertz CT molecular complexity index is 372. The van der Waals surface area contributed by atoms with E-state index in [1.165, 1.54) is 4.68 Å². The summed E-state index contributed by atoms with van der Waals surface area (Å²) in [7, 11) is 0. The van der Waals surface area contributed by atoms with Crippen LogP contribution in [0.4, 0.5) is 13.2 Å². The van der Waals surface area contributed by atoms with Gasteiger partial charge in [-0.1, -0.05) is 6.92 Å². The molecule has 0 bridgehead atoms. The second-order valence-corrected chi connectivity index (χ2v) is 4.47. The lowest BCUT2D eigenvalue weighted by Gasteiger charge is -2.25. The number of hydrogen-bond acceptors (Lipinski definition) is 3. The van der Waals surface area contributed by atoms with E-state index in [2.05, 4.69) is 5.10 Å². The van der Waals surface area contributed by atoms with Crippen LogP contribution in [-0.4, -0.2) is 27.0 Å². The van der Waals surface area contributed by atoms with Gasteiger partial charge in [0.1, 0.15) is 0 Å². The van der Waals surface area contributed by atoms with Crippen molar-refractivity contribution >= 4 is 0 Å². The highest BCUT2D eigenvalue weighted by Gasteiger charge is 2.32. The van der Waals surface area contributed by atoms with Crippen molar-refractivity contribution in [1.29, 1.82) is 0 Å². The van der Waals surface area contributed by atoms with Crippen LogP contribution in [0.3, 0.4) is 0 Å². The molecule has 0 aromatic carbocycles. The van der Waals surface area contributed by atoms with Crippen LogP contribution in [-0.2, 0) is 12.7 Å². The summed E-state index contributed by atoms with van der Waals surface area (Å²) in [6.07, 6.45) is -0.837. The molecule has 1 unspecified atom stereocenters. The van der Waals surface area contributed by atoms with Gasteiger partial charge in [-0.15, -0.1) is 0 Å². The molecule has 0 amide bonds. The number of rotatable bonds is 6. The summed E-state index contributed by atoms with van der Waals surface area (Å²) in [6.45, 7) is 2.09. The summed E-state index contributed by atoms with van der Waals surface area (Å²) in [5, 5.41) is 12.7. The number of aliphatic hydroxyl groups excluding tert-OH is 1. The third-order valence-electron chi connectivity index (χ3n) is 3.04. The smallest absolute Gasteiger partial charge is 0.394 e. The zero-order chi connectivity index (χ0) is 13.8. The number of hydrogen-bond donors (Lipinski definition) is 2. The van der Waals surface area contributed by atoms with Crippen LogP contribution in [0, 0.1) is 0 Å². The van der Waals surface area contributed by atoms with E-state index in [-0.39, 0.29) is 6.61 Å². The van der Waals surface area contributed by atoms with E-state index in [1.807, 2.05) is 6.92 Å². The first-order chi connectivity index (χ1) is 8.30.